The van der Waals surface area contributed by atoms with Crippen LogP contribution < -0.4 is 18.1 Å². The Morgan fingerprint density at radius 3 is 0.745 bits per heavy atom. The van der Waals surface area contributed by atoms with Gasteiger partial charge >= 0.3 is 27.3 Å². The Hall–Kier alpha value is -0.998. The largest absolute Gasteiger partial charge is 2.00 e. The average molecular weight is 994 g/mol. The van der Waals surface area contributed by atoms with Crippen molar-refractivity contribution in [2.45, 2.75) is 107 Å². The summed E-state index contributed by atoms with van der Waals surface area (Å²) in [6, 6.07) is 24.6. The minimum atomic E-state index is -2.89. The summed E-state index contributed by atoms with van der Waals surface area (Å²) in [5.74, 6) is 4.27. The van der Waals surface area contributed by atoms with Crippen LogP contribution in [0, 0.1) is 27.7 Å². The van der Waals surface area contributed by atoms with Crippen LogP contribution in [-0.2, 0) is 48.1 Å². The third kappa shape index (κ3) is 14.3. The molecule has 0 amide bonds. The van der Waals surface area contributed by atoms with Gasteiger partial charge in [0, 0.05) is 0 Å². The summed E-state index contributed by atoms with van der Waals surface area (Å²) in [6.07, 6.45) is 0. The van der Waals surface area contributed by atoms with Crippen LogP contribution >= 0.6 is 11.4 Å². The first-order valence-corrected chi connectivity index (χ1v) is 24.3. The smallest absolute Gasteiger partial charge is 0.665 e. The number of benzene rings is 4. The normalized spacial score (nSPS) is 11.6. The maximum Gasteiger partial charge on any atom is 2.00 e. The van der Waals surface area contributed by atoms with E-state index in [1.165, 1.54) is 0 Å². The van der Waals surface area contributed by atoms with E-state index in [-0.39, 0.29) is 27.3 Å². The minimum absolute atomic E-state index is 0. The van der Waals surface area contributed by atoms with E-state index in [2.05, 4.69) is 104 Å². The summed E-state index contributed by atoms with van der Waals surface area (Å²) in [5, 5.41) is 0. The summed E-state index contributed by atoms with van der Waals surface area (Å²) >= 11 is 22.3. The molecule has 51 heavy (non-hydrogen) atoms. The van der Waals surface area contributed by atoms with Crippen molar-refractivity contribution in [1.29, 1.82) is 0 Å². The molecule has 0 aliphatic rings. The monoisotopic (exact) mass is 994 g/mol. The van der Waals surface area contributed by atoms with Gasteiger partial charge in [-0.2, -0.15) is 0 Å². The number of hydrogen-bond acceptors (Lipinski definition) is 8. The van der Waals surface area contributed by atoms with Crippen LogP contribution in [0.4, 0.5) is 0 Å². The van der Waals surface area contributed by atoms with Crippen molar-refractivity contribution in [1.82, 2.24) is 0 Å². The van der Waals surface area contributed by atoms with Gasteiger partial charge in [0.1, 0.15) is 23.0 Å². The summed E-state index contributed by atoms with van der Waals surface area (Å²) in [5.41, 5.74) is 3.06. The van der Waals surface area contributed by atoms with Crippen molar-refractivity contribution in [2.75, 3.05) is 0 Å². The summed E-state index contributed by atoms with van der Waals surface area (Å²) < 4.78 is 24.3. The second kappa shape index (κ2) is 20.1. The van der Waals surface area contributed by atoms with Gasteiger partial charge < -0.3 is 42.6 Å². The van der Waals surface area contributed by atoms with Gasteiger partial charge in [-0.3, -0.25) is 0 Å². The fraction of sp³-hybridized carbons (Fsp3) is 0.400. The van der Waals surface area contributed by atoms with E-state index < -0.39 is 11.4 Å². The van der Waals surface area contributed by atoms with Gasteiger partial charge in [0.25, 0.3) is 0 Å². The zero-order chi connectivity index (χ0) is 37.6. The van der Waals surface area contributed by atoms with E-state index in [1.807, 2.05) is 52.0 Å². The minimum Gasteiger partial charge on any atom is -0.665 e. The fourth-order valence-electron chi connectivity index (χ4n) is 5.31. The molecule has 0 bridgehead atoms. The molecule has 0 atom stereocenters. The Kier molecular flexibility index (Phi) is 18.2. The Morgan fingerprint density at radius 1 is 0.412 bits per heavy atom. The van der Waals surface area contributed by atoms with Gasteiger partial charge in [0.05, 0.1) is 0 Å². The molecule has 0 aromatic heterocycles. The Morgan fingerprint density at radius 2 is 0.588 bits per heavy atom. The third-order valence-electron chi connectivity index (χ3n) is 8.00. The molecule has 0 N–H and O–H groups in total. The zero-order valence-electron chi connectivity index (χ0n) is 31.9. The Labute approximate surface area is 349 Å². The standard InChI is InChI=1S/2C20H27O2PS2.Pb/c2*1-13(2)17-9-7-15(5)11-19(17)21-23(24,25)22-20-12-16(6)8-10-18(20)14(3)4;/h2*7-14H,1-6H3,(H,24,25);/q;;+2/p-2. The SMILES string of the molecule is Cc1ccc(C(C)C)c(OP(=S)([S-])Oc2cc(C)ccc2C(C)C)c1.Cc1ccc(C(C)C)c(OP(=S)([S-])Oc2cc(C)ccc2C(C)C)c1.[Pb+2]. The van der Waals surface area contributed by atoms with Crippen LogP contribution in [0.2, 0.25) is 0 Å². The zero-order valence-corrected chi connectivity index (χ0v) is 40.8. The van der Waals surface area contributed by atoms with Crippen molar-refractivity contribution in [3.05, 3.63) is 117 Å². The molecule has 4 rings (SSSR count). The molecule has 0 heterocycles. The van der Waals surface area contributed by atoms with E-state index >= 15 is 0 Å². The molecule has 2 radical (unpaired) electrons. The molecule has 0 spiro atoms. The molecule has 4 aromatic rings. The second-order valence-corrected chi connectivity index (χ2v) is 23.7. The molecule has 274 valence electrons. The van der Waals surface area contributed by atoms with Crippen molar-refractivity contribution in [2.24, 2.45) is 0 Å². The van der Waals surface area contributed by atoms with E-state index in [0.717, 1.165) is 67.5 Å². The van der Waals surface area contributed by atoms with Gasteiger partial charge in [0.2, 0.25) is 0 Å². The Balaban J connectivity index is 0.000000347. The third-order valence-corrected chi connectivity index (χ3v) is 11.5. The molecular weight excluding hydrogens is 942 g/mol. The first kappa shape index (κ1) is 46.2. The van der Waals surface area contributed by atoms with Gasteiger partial charge in [-0.1, -0.05) is 104 Å². The van der Waals surface area contributed by atoms with Crippen LogP contribution in [-0.4, -0.2) is 27.3 Å². The molecule has 0 unspecified atom stereocenters. The predicted molar refractivity (Wildman–Crippen MR) is 233 cm³/mol. The molecule has 0 saturated carbocycles. The van der Waals surface area contributed by atoms with E-state index in [1.54, 1.807) is 0 Å². The molecule has 0 saturated heterocycles. The van der Waals surface area contributed by atoms with Crippen LogP contribution in [0.5, 0.6) is 23.0 Å². The van der Waals surface area contributed by atoms with E-state index in [0.29, 0.717) is 23.7 Å². The van der Waals surface area contributed by atoms with Crippen molar-refractivity contribution in [3.63, 3.8) is 0 Å². The van der Waals surface area contributed by atoms with Crippen molar-refractivity contribution in [3.8, 4) is 23.0 Å². The summed E-state index contributed by atoms with van der Waals surface area (Å²) in [4.78, 5) is 0. The quantitative estimate of drug-likeness (QED) is 0.0790. The molecule has 0 fully saturated rings. The average Bonchev–Trinajstić information content (AvgIpc) is 2.96. The second-order valence-electron chi connectivity index (χ2n) is 14.0. The maximum absolute atomic E-state index is 6.07. The summed E-state index contributed by atoms with van der Waals surface area (Å²) in [6.45, 7) is 25.1. The fourth-order valence-corrected chi connectivity index (χ4v) is 8.91. The van der Waals surface area contributed by atoms with Gasteiger partial charge in [-0.25, -0.2) is 0 Å². The first-order chi connectivity index (χ1) is 23.2. The molecule has 0 aliphatic heterocycles. The number of hydrogen-bond donors (Lipinski definition) is 0. The van der Waals surface area contributed by atoms with E-state index in [4.69, 9.17) is 66.2 Å². The van der Waals surface area contributed by atoms with Crippen LogP contribution in [0.3, 0.4) is 0 Å². The maximum atomic E-state index is 6.07. The number of rotatable bonds is 12. The van der Waals surface area contributed by atoms with E-state index in [9.17, 15) is 0 Å². The topological polar surface area (TPSA) is 36.9 Å². The van der Waals surface area contributed by atoms with Crippen LogP contribution in [0.25, 0.3) is 0 Å². The predicted octanol–water partition coefficient (Wildman–Crippen LogP) is 13.2. The van der Waals surface area contributed by atoms with Crippen molar-refractivity contribution >= 4 is 86.8 Å². The van der Waals surface area contributed by atoms with Crippen LogP contribution in [0.1, 0.15) is 124 Å². The summed E-state index contributed by atoms with van der Waals surface area (Å²) in [7, 11) is 0. The van der Waals surface area contributed by atoms with Gasteiger partial charge in [-0.05, 0) is 144 Å². The molecule has 11 heteroatoms. The molecule has 4 nitrogen and oxygen atoms in total. The van der Waals surface area contributed by atoms with Gasteiger partial charge in [-0.15, -0.1) is 0 Å². The van der Waals surface area contributed by atoms with Crippen LogP contribution in [0.15, 0.2) is 72.8 Å². The van der Waals surface area contributed by atoms with Crippen molar-refractivity contribution < 1.29 is 18.1 Å². The Bertz CT molecular complexity index is 1620. The molecular formula is C40H52O4P2PbS4. The molecule has 0 aliphatic carbocycles. The first-order valence-electron chi connectivity index (χ1n) is 17.0. The van der Waals surface area contributed by atoms with Gasteiger partial charge in [0.15, 0.2) is 11.4 Å². The molecule has 4 aromatic carbocycles. The number of aryl methyl sites for hydroxylation is 4.